The van der Waals surface area contributed by atoms with Gasteiger partial charge in [-0.25, -0.2) is 17.9 Å². The van der Waals surface area contributed by atoms with Gasteiger partial charge in [-0.3, -0.25) is 0 Å². The molecule has 0 bridgehead atoms. The van der Waals surface area contributed by atoms with Crippen molar-refractivity contribution in [2.75, 3.05) is 18.5 Å². The molecule has 0 aliphatic rings. The van der Waals surface area contributed by atoms with Gasteiger partial charge < -0.3 is 15.5 Å². The summed E-state index contributed by atoms with van der Waals surface area (Å²) in [6.07, 6.45) is 1.07. The molecule has 8 heteroatoms. The van der Waals surface area contributed by atoms with Crippen LogP contribution in [0.4, 0.5) is 5.69 Å². The van der Waals surface area contributed by atoms with Crippen molar-refractivity contribution < 1.29 is 23.4 Å². The predicted molar refractivity (Wildman–Crippen MR) is 83.7 cm³/mol. The summed E-state index contributed by atoms with van der Waals surface area (Å²) < 4.78 is 27.4. The molecule has 0 aliphatic heterocycles. The van der Waals surface area contributed by atoms with Gasteiger partial charge in [-0.1, -0.05) is 6.92 Å². The average molecular weight is 330 g/mol. The first kappa shape index (κ1) is 18.4. The van der Waals surface area contributed by atoms with Crippen molar-refractivity contribution in [1.82, 2.24) is 4.72 Å². The molecule has 1 atom stereocenters. The summed E-state index contributed by atoms with van der Waals surface area (Å²) in [5.41, 5.74) is 0.214. The van der Waals surface area contributed by atoms with Crippen molar-refractivity contribution in [3.8, 4) is 0 Å². The summed E-state index contributed by atoms with van der Waals surface area (Å²) in [7, 11) is -3.83. The monoisotopic (exact) mass is 330 g/mol. The van der Waals surface area contributed by atoms with Gasteiger partial charge in [-0.05, 0) is 38.0 Å². The van der Waals surface area contributed by atoms with Crippen molar-refractivity contribution in [3.63, 3.8) is 0 Å². The number of carboxylic acids is 1. The Morgan fingerprint density at radius 2 is 2.05 bits per heavy atom. The largest absolute Gasteiger partial charge is 0.478 e. The third-order valence-electron chi connectivity index (χ3n) is 3.14. The second-order valence-electron chi connectivity index (χ2n) is 4.95. The van der Waals surface area contributed by atoms with Crippen LogP contribution in [0.5, 0.6) is 0 Å². The highest BCUT2D eigenvalue weighted by Crippen LogP contribution is 2.23. The Morgan fingerprint density at radius 3 is 2.59 bits per heavy atom. The lowest BCUT2D eigenvalue weighted by Crippen LogP contribution is -2.32. The molecule has 1 aromatic carbocycles. The van der Waals surface area contributed by atoms with E-state index in [4.69, 9.17) is 10.2 Å². The Hall–Kier alpha value is -1.64. The van der Waals surface area contributed by atoms with Crippen LogP contribution >= 0.6 is 0 Å². The standard InChI is InChI=1S/C14H22N2O5S/c1-3-10(2)16-22(20,21)13-9-11(14(18)19)5-6-12(13)15-7-4-8-17/h5-6,9-10,15-17H,3-4,7-8H2,1-2H3,(H,18,19)/t10-/m0/s1. The molecule has 4 N–H and O–H groups in total. The first-order chi connectivity index (χ1) is 10.3. The normalized spacial score (nSPS) is 12.9. The van der Waals surface area contributed by atoms with Crippen LogP contribution in [0.2, 0.25) is 0 Å². The minimum absolute atomic E-state index is 0.0204. The highest BCUT2D eigenvalue weighted by molar-refractivity contribution is 7.89. The molecule has 0 saturated heterocycles. The number of benzene rings is 1. The van der Waals surface area contributed by atoms with Gasteiger partial charge >= 0.3 is 5.97 Å². The van der Waals surface area contributed by atoms with Gasteiger partial charge in [0.25, 0.3) is 0 Å². The fourth-order valence-electron chi connectivity index (χ4n) is 1.74. The molecule has 0 radical (unpaired) electrons. The fourth-order valence-corrected chi connectivity index (χ4v) is 3.27. The van der Waals surface area contributed by atoms with Crippen molar-refractivity contribution in [2.45, 2.75) is 37.6 Å². The maximum atomic E-state index is 12.4. The van der Waals surface area contributed by atoms with Gasteiger partial charge in [0.05, 0.1) is 11.3 Å². The van der Waals surface area contributed by atoms with E-state index in [0.29, 0.717) is 25.1 Å². The van der Waals surface area contributed by atoms with Crippen LogP contribution in [0.25, 0.3) is 0 Å². The molecule has 0 unspecified atom stereocenters. The summed E-state index contributed by atoms with van der Waals surface area (Å²) in [4.78, 5) is 11.0. The molecule has 0 aliphatic carbocycles. The number of aliphatic hydroxyl groups excluding tert-OH is 1. The lowest BCUT2D eigenvalue weighted by atomic mass is 10.2. The third-order valence-corrected chi connectivity index (χ3v) is 4.77. The van der Waals surface area contributed by atoms with Crippen LogP contribution in [-0.4, -0.2) is 43.8 Å². The fraction of sp³-hybridized carbons (Fsp3) is 0.500. The maximum Gasteiger partial charge on any atom is 0.335 e. The van der Waals surface area contributed by atoms with Gasteiger partial charge in [0, 0.05) is 19.2 Å². The Kier molecular flexibility index (Phi) is 6.79. The number of aliphatic hydroxyl groups is 1. The summed E-state index contributed by atoms with van der Waals surface area (Å²) in [6.45, 7) is 3.95. The number of carbonyl (C=O) groups is 1. The Balaban J connectivity index is 3.21. The van der Waals surface area contributed by atoms with Gasteiger partial charge in [0.15, 0.2) is 0 Å². The first-order valence-electron chi connectivity index (χ1n) is 7.06. The van der Waals surface area contributed by atoms with Crippen LogP contribution in [-0.2, 0) is 10.0 Å². The van der Waals surface area contributed by atoms with E-state index in [2.05, 4.69) is 10.0 Å². The minimum Gasteiger partial charge on any atom is -0.478 e. The average Bonchev–Trinajstić information content (AvgIpc) is 2.46. The van der Waals surface area contributed by atoms with E-state index >= 15 is 0 Å². The van der Waals surface area contributed by atoms with Gasteiger partial charge in [-0.15, -0.1) is 0 Å². The van der Waals surface area contributed by atoms with Crippen molar-refractivity contribution in [2.24, 2.45) is 0 Å². The lowest BCUT2D eigenvalue weighted by Gasteiger charge is -2.16. The smallest absolute Gasteiger partial charge is 0.335 e. The molecular weight excluding hydrogens is 308 g/mol. The zero-order chi connectivity index (χ0) is 16.8. The van der Waals surface area contributed by atoms with Crippen molar-refractivity contribution in [3.05, 3.63) is 23.8 Å². The van der Waals surface area contributed by atoms with E-state index in [1.807, 2.05) is 6.92 Å². The molecule has 0 amide bonds. The lowest BCUT2D eigenvalue weighted by molar-refractivity contribution is 0.0696. The Morgan fingerprint density at radius 1 is 1.36 bits per heavy atom. The SMILES string of the molecule is CC[C@H](C)NS(=O)(=O)c1cc(C(=O)O)ccc1NCCCO. The molecule has 0 heterocycles. The predicted octanol–water partition coefficient (Wildman–Crippen LogP) is 1.26. The summed E-state index contributed by atoms with van der Waals surface area (Å²) in [6, 6.07) is 3.63. The molecule has 0 spiro atoms. The minimum atomic E-state index is -3.83. The van der Waals surface area contributed by atoms with E-state index in [1.54, 1.807) is 6.92 Å². The zero-order valence-electron chi connectivity index (χ0n) is 12.7. The molecule has 1 rings (SSSR count). The quantitative estimate of drug-likeness (QED) is 0.507. The third kappa shape index (κ3) is 4.97. The van der Waals surface area contributed by atoms with Crippen LogP contribution < -0.4 is 10.0 Å². The van der Waals surface area contributed by atoms with Gasteiger partial charge in [-0.2, -0.15) is 0 Å². The molecule has 22 heavy (non-hydrogen) atoms. The number of carboxylic acid groups (broad SMARTS) is 1. The van der Waals surface area contributed by atoms with Crippen molar-refractivity contribution >= 4 is 21.7 Å². The van der Waals surface area contributed by atoms with Crippen molar-refractivity contribution in [1.29, 1.82) is 0 Å². The molecule has 1 aromatic rings. The summed E-state index contributed by atoms with van der Waals surface area (Å²) in [5, 5.41) is 20.7. The number of hydrogen-bond donors (Lipinski definition) is 4. The molecular formula is C14H22N2O5S. The molecule has 0 fully saturated rings. The number of sulfonamides is 1. The van der Waals surface area contributed by atoms with Crippen LogP contribution in [0, 0.1) is 0 Å². The number of nitrogens with one attached hydrogen (secondary N) is 2. The Bertz CT molecular complexity index is 616. The van der Waals surface area contributed by atoms with Gasteiger partial charge in [0.1, 0.15) is 4.90 Å². The number of rotatable bonds is 9. The second kappa shape index (κ2) is 8.11. The van der Waals surface area contributed by atoms with Crippen LogP contribution in [0.15, 0.2) is 23.1 Å². The van der Waals surface area contributed by atoms with E-state index < -0.39 is 16.0 Å². The number of aromatic carboxylic acids is 1. The first-order valence-corrected chi connectivity index (χ1v) is 8.54. The molecule has 7 nitrogen and oxygen atoms in total. The topological polar surface area (TPSA) is 116 Å². The highest BCUT2D eigenvalue weighted by atomic mass is 32.2. The van der Waals surface area contributed by atoms with Gasteiger partial charge in [0.2, 0.25) is 10.0 Å². The second-order valence-corrected chi connectivity index (χ2v) is 6.63. The van der Waals surface area contributed by atoms with E-state index in [9.17, 15) is 13.2 Å². The Labute approximate surface area is 130 Å². The van der Waals surface area contributed by atoms with E-state index in [0.717, 1.165) is 6.07 Å². The van der Waals surface area contributed by atoms with E-state index in [1.165, 1.54) is 12.1 Å². The van der Waals surface area contributed by atoms with Crippen LogP contribution in [0.3, 0.4) is 0 Å². The van der Waals surface area contributed by atoms with E-state index in [-0.39, 0.29) is 23.1 Å². The molecule has 0 saturated carbocycles. The number of anilines is 1. The molecule has 124 valence electrons. The number of hydrogen-bond acceptors (Lipinski definition) is 5. The van der Waals surface area contributed by atoms with Crippen LogP contribution in [0.1, 0.15) is 37.0 Å². The zero-order valence-corrected chi connectivity index (χ0v) is 13.5. The summed E-state index contributed by atoms with van der Waals surface area (Å²) >= 11 is 0. The maximum absolute atomic E-state index is 12.4. The summed E-state index contributed by atoms with van der Waals surface area (Å²) in [5.74, 6) is -1.19. The molecule has 0 aromatic heterocycles. The highest BCUT2D eigenvalue weighted by Gasteiger charge is 2.22.